The smallest absolute Gasteiger partial charge is 0.277 e. The summed E-state index contributed by atoms with van der Waals surface area (Å²) in [5.74, 6) is 1.36. The minimum atomic E-state index is -0.316. The van der Waals surface area contributed by atoms with Crippen molar-refractivity contribution >= 4 is 11.8 Å². The van der Waals surface area contributed by atoms with E-state index in [-0.39, 0.29) is 5.82 Å². The molecule has 130 valence electrons. The van der Waals surface area contributed by atoms with Crippen LogP contribution < -0.4 is 0 Å². The highest BCUT2D eigenvalue weighted by molar-refractivity contribution is 7.98. The van der Waals surface area contributed by atoms with Crippen molar-refractivity contribution in [2.24, 2.45) is 0 Å². The summed E-state index contributed by atoms with van der Waals surface area (Å²) in [6.07, 6.45) is 0. The highest BCUT2D eigenvalue weighted by atomic mass is 32.2. The first kappa shape index (κ1) is 16.5. The summed E-state index contributed by atoms with van der Waals surface area (Å²) in [6, 6.07) is 13.7. The van der Waals surface area contributed by atoms with Crippen molar-refractivity contribution in [3.8, 4) is 22.9 Å². The molecule has 0 N–H and O–H groups in total. The van der Waals surface area contributed by atoms with Crippen LogP contribution >= 0.6 is 11.8 Å². The van der Waals surface area contributed by atoms with Crippen molar-refractivity contribution in [2.45, 2.75) is 17.9 Å². The first-order valence-corrected chi connectivity index (χ1v) is 8.77. The number of hydrogen-bond donors (Lipinski definition) is 0. The molecule has 0 saturated carbocycles. The monoisotopic (exact) mass is 368 g/mol. The third-order valence-electron chi connectivity index (χ3n) is 3.58. The van der Waals surface area contributed by atoms with Crippen molar-refractivity contribution in [1.29, 1.82) is 0 Å². The molecule has 0 amide bonds. The molecule has 0 aliphatic heterocycles. The maximum absolute atomic E-state index is 13.0. The van der Waals surface area contributed by atoms with E-state index in [1.54, 1.807) is 12.1 Å². The molecule has 0 aliphatic carbocycles. The minimum Gasteiger partial charge on any atom is -0.420 e. The third-order valence-corrected chi connectivity index (χ3v) is 4.39. The number of halogens is 1. The molecular formula is C18H13FN4O2S. The Bertz CT molecular complexity index is 929. The molecule has 4 rings (SSSR count). The molecule has 0 aliphatic rings. The van der Waals surface area contributed by atoms with Gasteiger partial charge in [-0.2, -0.15) is 0 Å². The maximum Gasteiger partial charge on any atom is 0.277 e. The maximum atomic E-state index is 13.0. The Morgan fingerprint density at radius 3 is 2.15 bits per heavy atom. The molecule has 2 aromatic carbocycles. The van der Waals surface area contributed by atoms with E-state index in [1.165, 1.54) is 23.9 Å². The van der Waals surface area contributed by atoms with Gasteiger partial charge in [0.1, 0.15) is 5.82 Å². The fourth-order valence-electron chi connectivity index (χ4n) is 2.23. The second-order valence-corrected chi connectivity index (χ2v) is 6.46. The molecule has 0 atom stereocenters. The molecule has 0 radical (unpaired) electrons. The summed E-state index contributed by atoms with van der Waals surface area (Å²) in [7, 11) is 0. The molecule has 4 aromatic rings. The van der Waals surface area contributed by atoms with Gasteiger partial charge in [0.25, 0.3) is 5.22 Å². The van der Waals surface area contributed by atoms with Gasteiger partial charge in [-0.05, 0) is 43.3 Å². The Balaban J connectivity index is 1.42. The van der Waals surface area contributed by atoms with Crippen molar-refractivity contribution in [2.75, 3.05) is 0 Å². The Morgan fingerprint density at radius 1 is 0.808 bits per heavy atom. The van der Waals surface area contributed by atoms with Gasteiger partial charge in [0.2, 0.25) is 17.7 Å². The molecule has 0 spiro atoms. The summed E-state index contributed by atoms with van der Waals surface area (Å²) in [5.41, 5.74) is 2.69. The van der Waals surface area contributed by atoms with Crippen LogP contribution in [0.15, 0.2) is 62.6 Å². The molecule has 2 heterocycles. The average Bonchev–Trinajstić information content (AvgIpc) is 3.31. The van der Waals surface area contributed by atoms with Crippen LogP contribution in [-0.2, 0) is 5.75 Å². The summed E-state index contributed by atoms with van der Waals surface area (Å²) in [5, 5.41) is 16.4. The quantitative estimate of drug-likeness (QED) is 0.479. The van der Waals surface area contributed by atoms with Crippen LogP contribution in [-0.4, -0.2) is 20.4 Å². The van der Waals surface area contributed by atoms with Gasteiger partial charge in [-0.25, -0.2) is 4.39 Å². The molecule has 26 heavy (non-hydrogen) atoms. The first-order chi connectivity index (χ1) is 12.7. The van der Waals surface area contributed by atoms with Gasteiger partial charge in [-0.1, -0.05) is 29.5 Å². The topological polar surface area (TPSA) is 77.8 Å². The van der Waals surface area contributed by atoms with Gasteiger partial charge in [0.15, 0.2) is 0 Å². The number of aryl methyl sites for hydroxylation is 1. The van der Waals surface area contributed by atoms with Gasteiger partial charge >= 0.3 is 0 Å². The second kappa shape index (κ2) is 7.09. The van der Waals surface area contributed by atoms with Gasteiger partial charge < -0.3 is 8.83 Å². The van der Waals surface area contributed by atoms with Crippen LogP contribution in [0.3, 0.4) is 0 Å². The molecule has 0 unspecified atom stereocenters. The van der Waals surface area contributed by atoms with Crippen LogP contribution in [0.2, 0.25) is 0 Å². The third kappa shape index (κ3) is 3.65. The molecular weight excluding hydrogens is 355 g/mol. The van der Waals surface area contributed by atoms with E-state index >= 15 is 0 Å². The SMILES string of the molecule is Cc1ccc(-c2nnc(CSc3nnc(-c4ccc(F)cc4)o3)o2)cc1. The van der Waals surface area contributed by atoms with E-state index in [4.69, 9.17) is 8.83 Å². The summed E-state index contributed by atoms with van der Waals surface area (Å²) in [4.78, 5) is 0. The zero-order chi connectivity index (χ0) is 17.9. The number of aromatic nitrogens is 4. The predicted molar refractivity (Wildman–Crippen MR) is 93.7 cm³/mol. The lowest BCUT2D eigenvalue weighted by atomic mass is 10.1. The van der Waals surface area contributed by atoms with Crippen molar-refractivity contribution in [3.63, 3.8) is 0 Å². The second-order valence-electron chi connectivity index (χ2n) is 5.54. The average molecular weight is 368 g/mol. The number of hydrogen-bond acceptors (Lipinski definition) is 7. The Labute approximate surface area is 152 Å². The van der Waals surface area contributed by atoms with E-state index < -0.39 is 0 Å². The van der Waals surface area contributed by atoms with Crippen molar-refractivity contribution < 1.29 is 13.2 Å². The Kier molecular flexibility index (Phi) is 4.49. The fraction of sp³-hybridized carbons (Fsp3) is 0.111. The fourth-order valence-corrected chi connectivity index (χ4v) is 2.83. The number of benzene rings is 2. The highest BCUT2D eigenvalue weighted by Gasteiger charge is 2.13. The zero-order valence-electron chi connectivity index (χ0n) is 13.7. The number of nitrogens with zero attached hydrogens (tertiary/aromatic N) is 4. The highest BCUT2D eigenvalue weighted by Crippen LogP contribution is 2.26. The standard InChI is InChI=1S/C18H13FN4O2S/c1-11-2-4-12(5-3-11)16-21-20-15(24-16)10-26-18-23-22-17(25-18)13-6-8-14(19)9-7-13/h2-9H,10H2,1H3. The van der Waals surface area contributed by atoms with Crippen LogP contribution in [0.25, 0.3) is 22.9 Å². The van der Waals surface area contributed by atoms with Gasteiger partial charge in [-0.15, -0.1) is 20.4 Å². The van der Waals surface area contributed by atoms with E-state index in [0.717, 1.165) is 11.1 Å². The Hall–Kier alpha value is -3.00. The van der Waals surface area contributed by atoms with Crippen molar-refractivity contribution in [1.82, 2.24) is 20.4 Å². The first-order valence-electron chi connectivity index (χ1n) is 7.79. The minimum absolute atomic E-state index is 0.316. The van der Waals surface area contributed by atoms with Gasteiger partial charge in [0, 0.05) is 11.1 Å². The molecule has 2 aromatic heterocycles. The van der Waals surface area contributed by atoms with Gasteiger partial charge in [-0.3, -0.25) is 0 Å². The van der Waals surface area contributed by atoms with Crippen LogP contribution in [0.4, 0.5) is 4.39 Å². The summed E-state index contributed by atoms with van der Waals surface area (Å²) in [6.45, 7) is 2.02. The summed E-state index contributed by atoms with van der Waals surface area (Å²) >= 11 is 1.29. The lowest BCUT2D eigenvalue weighted by Gasteiger charge is -1.95. The molecule has 0 bridgehead atoms. The van der Waals surface area contributed by atoms with Crippen LogP contribution in [0, 0.1) is 12.7 Å². The Morgan fingerprint density at radius 2 is 1.42 bits per heavy atom. The van der Waals surface area contributed by atoms with E-state index in [0.29, 0.717) is 34.2 Å². The van der Waals surface area contributed by atoms with E-state index in [9.17, 15) is 4.39 Å². The lowest BCUT2D eigenvalue weighted by Crippen LogP contribution is -1.80. The zero-order valence-corrected chi connectivity index (χ0v) is 14.5. The van der Waals surface area contributed by atoms with Crippen LogP contribution in [0.5, 0.6) is 0 Å². The lowest BCUT2D eigenvalue weighted by molar-refractivity contribution is 0.464. The molecule has 8 heteroatoms. The summed E-state index contributed by atoms with van der Waals surface area (Å²) < 4.78 is 24.2. The largest absolute Gasteiger partial charge is 0.420 e. The molecule has 0 fully saturated rings. The molecule has 6 nitrogen and oxygen atoms in total. The van der Waals surface area contributed by atoms with Crippen molar-refractivity contribution in [3.05, 3.63) is 65.8 Å². The van der Waals surface area contributed by atoms with E-state index in [1.807, 2.05) is 31.2 Å². The van der Waals surface area contributed by atoms with Gasteiger partial charge in [0.05, 0.1) is 5.75 Å². The molecule has 0 saturated heterocycles. The number of thioether (sulfide) groups is 1. The number of rotatable bonds is 5. The van der Waals surface area contributed by atoms with Crippen LogP contribution in [0.1, 0.15) is 11.5 Å². The predicted octanol–water partition coefficient (Wildman–Crippen LogP) is 4.53. The van der Waals surface area contributed by atoms with E-state index in [2.05, 4.69) is 20.4 Å². The normalized spacial score (nSPS) is 11.0.